The molecule has 0 radical (unpaired) electrons. The van der Waals surface area contributed by atoms with E-state index >= 15 is 0 Å². The summed E-state index contributed by atoms with van der Waals surface area (Å²) in [5.74, 6) is 1.58. The molecule has 0 bridgehead atoms. The Hall–Kier alpha value is -4.09. The molecule has 5 nitrogen and oxygen atoms in total. The van der Waals surface area contributed by atoms with Crippen LogP contribution >= 0.6 is 11.6 Å². The molecule has 5 aromatic rings. The van der Waals surface area contributed by atoms with Gasteiger partial charge >= 0.3 is 0 Å². The summed E-state index contributed by atoms with van der Waals surface area (Å²) in [6.45, 7) is 1.60. The Balaban J connectivity index is 1.17. The van der Waals surface area contributed by atoms with Crippen LogP contribution in [0.25, 0.3) is 22.2 Å². The van der Waals surface area contributed by atoms with E-state index in [9.17, 15) is 4.79 Å². The number of para-hydroxylation sites is 3. The minimum atomic E-state index is -0.00262. The van der Waals surface area contributed by atoms with Gasteiger partial charge in [0, 0.05) is 13.0 Å². The normalized spacial score (nSPS) is 10.9. The van der Waals surface area contributed by atoms with Crippen LogP contribution in [0, 0.1) is 0 Å². The first-order valence-electron chi connectivity index (χ1n) is 12.4. The molecule has 0 saturated carbocycles. The lowest BCUT2D eigenvalue weighted by atomic mass is 10.0. The van der Waals surface area contributed by atoms with Crippen molar-refractivity contribution < 1.29 is 9.53 Å². The van der Waals surface area contributed by atoms with Crippen molar-refractivity contribution in [2.24, 2.45) is 0 Å². The number of benzene rings is 4. The highest BCUT2D eigenvalue weighted by atomic mass is 35.5. The van der Waals surface area contributed by atoms with Crippen molar-refractivity contribution in [2.75, 3.05) is 13.2 Å². The standard InChI is InChI=1S/C31H28ClN3O2/c32-26-10-4-7-13-29(26)37-21-20-35-28-12-6-5-11-27(28)34-30(35)18-19-33-31(36)22-23-14-16-25(17-15-23)24-8-2-1-3-9-24/h1-17H,18-22H2,(H,33,36). The third-order valence-electron chi connectivity index (χ3n) is 6.24. The zero-order chi connectivity index (χ0) is 25.5. The molecule has 1 aromatic heterocycles. The molecule has 37 heavy (non-hydrogen) atoms. The molecule has 1 N–H and O–H groups in total. The number of rotatable bonds is 10. The first kappa shape index (κ1) is 24.6. The number of hydrogen-bond acceptors (Lipinski definition) is 3. The van der Waals surface area contributed by atoms with Gasteiger partial charge in [-0.2, -0.15) is 0 Å². The topological polar surface area (TPSA) is 56.2 Å². The molecule has 0 spiro atoms. The number of carbonyl (C=O) groups excluding carboxylic acids is 1. The van der Waals surface area contributed by atoms with Crippen LogP contribution in [0.2, 0.25) is 5.02 Å². The maximum atomic E-state index is 12.6. The van der Waals surface area contributed by atoms with Crippen molar-refractivity contribution in [1.82, 2.24) is 14.9 Å². The zero-order valence-electron chi connectivity index (χ0n) is 20.4. The van der Waals surface area contributed by atoms with E-state index in [2.05, 4.69) is 40.2 Å². The van der Waals surface area contributed by atoms with Crippen molar-refractivity contribution >= 4 is 28.5 Å². The fourth-order valence-electron chi connectivity index (χ4n) is 4.38. The maximum Gasteiger partial charge on any atom is 0.224 e. The first-order chi connectivity index (χ1) is 18.2. The van der Waals surface area contributed by atoms with Crippen molar-refractivity contribution in [3.05, 3.63) is 120 Å². The number of imidazole rings is 1. The molecule has 0 unspecified atom stereocenters. The lowest BCUT2D eigenvalue weighted by Gasteiger charge is -2.12. The summed E-state index contributed by atoms with van der Waals surface area (Å²) in [6, 6.07) is 33.9. The quantitative estimate of drug-likeness (QED) is 0.239. The SMILES string of the molecule is O=C(Cc1ccc(-c2ccccc2)cc1)NCCc1nc2ccccc2n1CCOc1ccccc1Cl. The molecule has 0 aliphatic heterocycles. The van der Waals surface area contributed by atoms with E-state index in [0.717, 1.165) is 28.0 Å². The van der Waals surface area contributed by atoms with Gasteiger partial charge in [-0.15, -0.1) is 0 Å². The minimum absolute atomic E-state index is 0.00262. The number of amides is 1. The molecule has 4 aromatic carbocycles. The molecule has 0 atom stereocenters. The van der Waals surface area contributed by atoms with E-state index in [1.807, 2.05) is 72.8 Å². The van der Waals surface area contributed by atoms with E-state index < -0.39 is 0 Å². The van der Waals surface area contributed by atoms with Crippen LogP contribution in [-0.4, -0.2) is 28.6 Å². The molecule has 1 amide bonds. The van der Waals surface area contributed by atoms with Gasteiger partial charge in [-0.3, -0.25) is 4.79 Å². The molecular formula is C31H28ClN3O2. The highest BCUT2D eigenvalue weighted by Gasteiger charge is 2.12. The number of ether oxygens (including phenoxy) is 1. The third-order valence-corrected chi connectivity index (χ3v) is 6.55. The number of halogens is 1. The van der Waals surface area contributed by atoms with Crippen molar-refractivity contribution in [3.8, 4) is 16.9 Å². The lowest BCUT2D eigenvalue weighted by molar-refractivity contribution is -0.120. The Morgan fingerprint density at radius 2 is 1.54 bits per heavy atom. The van der Waals surface area contributed by atoms with Gasteiger partial charge in [0.2, 0.25) is 5.91 Å². The highest BCUT2D eigenvalue weighted by Crippen LogP contribution is 2.24. The van der Waals surface area contributed by atoms with Crippen LogP contribution in [0.4, 0.5) is 0 Å². The molecule has 1 heterocycles. The van der Waals surface area contributed by atoms with Crippen LogP contribution in [0.1, 0.15) is 11.4 Å². The summed E-state index contributed by atoms with van der Waals surface area (Å²) in [7, 11) is 0. The number of fused-ring (bicyclic) bond motifs is 1. The van der Waals surface area contributed by atoms with Crippen LogP contribution < -0.4 is 10.1 Å². The van der Waals surface area contributed by atoms with Crippen LogP contribution in [-0.2, 0) is 24.2 Å². The Morgan fingerprint density at radius 3 is 2.35 bits per heavy atom. The Bertz CT molecular complexity index is 1480. The van der Waals surface area contributed by atoms with Crippen molar-refractivity contribution in [2.45, 2.75) is 19.4 Å². The summed E-state index contributed by atoms with van der Waals surface area (Å²) in [4.78, 5) is 17.4. The van der Waals surface area contributed by atoms with Gasteiger partial charge in [-0.05, 0) is 41.0 Å². The van der Waals surface area contributed by atoms with Gasteiger partial charge in [-0.25, -0.2) is 4.98 Å². The Kier molecular flexibility index (Phi) is 7.82. The second kappa shape index (κ2) is 11.8. The Labute approximate surface area is 221 Å². The monoisotopic (exact) mass is 509 g/mol. The van der Waals surface area contributed by atoms with Gasteiger partial charge in [0.25, 0.3) is 0 Å². The van der Waals surface area contributed by atoms with Crippen LogP contribution in [0.15, 0.2) is 103 Å². The number of nitrogens with zero attached hydrogens (tertiary/aromatic N) is 2. The van der Waals surface area contributed by atoms with Gasteiger partial charge in [0.05, 0.1) is 29.0 Å². The highest BCUT2D eigenvalue weighted by molar-refractivity contribution is 6.32. The summed E-state index contributed by atoms with van der Waals surface area (Å²) in [5, 5.41) is 3.64. The van der Waals surface area contributed by atoms with Crippen molar-refractivity contribution in [1.29, 1.82) is 0 Å². The fraction of sp³-hybridized carbons (Fsp3) is 0.161. The van der Waals surface area contributed by atoms with E-state index in [-0.39, 0.29) is 5.91 Å². The Morgan fingerprint density at radius 1 is 0.838 bits per heavy atom. The fourth-order valence-corrected chi connectivity index (χ4v) is 4.57. The maximum absolute atomic E-state index is 12.6. The molecule has 6 heteroatoms. The smallest absolute Gasteiger partial charge is 0.224 e. The average Bonchev–Trinajstić information content (AvgIpc) is 3.28. The summed E-state index contributed by atoms with van der Waals surface area (Å²) < 4.78 is 8.06. The van der Waals surface area contributed by atoms with Gasteiger partial charge in [0.1, 0.15) is 18.2 Å². The molecule has 0 aliphatic carbocycles. The van der Waals surface area contributed by atoms with Crippen LogP contribution in [0.5, 0.6) is 5.75 Å². The minimum Gasteiger partial charge on any atom is -0.490 e. The molecule has 0 aliphatic rings. The molecular weight excluding hydrogens is 482 g/mol. The molecule has 186 valence electrons. The number of nitrogens with one attached hydrogen (secondary N) is 1. The molecule has 0 fully saturated rings. The van der Waals surface area contributed by atoms with Gasteiger partial charge < -0.3 is 14.6 Å². The zero-order valence-corrected chi connectivity index (χ0v) is 21.2. The number of carbonyl (C=O) groups is 1. The van der Waals surface area contributed by atoms with E-state index in [1.165, 1.54) is 5.56 Å². The largest absolute Gasteiger partial charge is 0.490 e. The predicted molar refractivity (Wildman–Crippen MR) is 149 cm³/mol. The van der Waals surface area contributed by atoms with Crippen molar-refractivity contribution in [3.63, 3.8) is 0 Å². The number of aromatic nitrogens is 2. The number of hydrogen-bond donors (Lipinski definition) is 1. The average molecular weight is 510 g/mol. The summed E-state index contributed by atoms with van der Waals surface area (Å²) in [6.07, 6.45) is 0.969. The lowest BCUT2D eigenvalue weighted by Crippen LogP contribution is -2.28. The van der Waals surface area contributed by atoms with Crippen LogP contribution in [0.3, 0.4) is 0 Å². The van der Waals surface area contributed by atoms with Gasteiger partial charge in [0.15, 0.2) is 0 Å². The predicted octanol–water partition coefficient (Wildman–Crippen LogP) is 6.34. The second-order valence-electron chi connectivity index (χ2n) is 8.79. The molecule has 0 saturated heterocycles. The van der Waals surface area contributed by atoms with Gasteiger partial charge in [-0.1, -0.05) is 90.5 Å². The molecule has 5 rings (SSSR count). The van der Waals surface area contributed by atoms with E-state index in [4.69, 9.17) is 21.3 Å². The summed E-state index contributed by atoms with van der Waals surface area (Å²) in [5.41, 5.74) is 5.27. The van der Waals surface area contributed by atoms with E-state index in [1.54, 1.807) is 0 Å². The van der Waals surface area contributed by atoms with E-state index in [0.29, 0.717) is 43.3 Å². The second-order valence-corrected chi connectivity index (χ2v) is 9.19. The summed E-state index contributed by atoms with van der Waals surface area (Å²) >= 11 is 6.22. The first-order valence-corrected chi connectivity index (χ1v) is 12.8. The third kappa shape index (κ3) is 6.19.